The van der Waals surface area contributed by atoms with Gasteiger partial charge in [-0.1, -0.05) is 19.1 Å². The minimum absolute atomic E-state index is 0.116. The fourth-order valence-corrected chi connectivity index (χ4v) is 3.10. The number of carbonyl (C=O) groups excluding carboxylic acids is 1. The summed E-state index contributed by atoms with van der Waals surface area (Å²) in [5.74, 6) is -0.227. The molecule has 25 heavy (non-hydrogen) atoms. The number of esters is 1. The molecule has 0 spiro atoms. The Morgan fingerprint density at radius 2 is 1.96 bits per heavy atom. The van der Waals surface area contributed by atoms with Crippen LogP contribution in [0, 0.1) is 0 Å². The maximum absolute atomic E-state index is 11.5. The van der Waals surface area contributed by atoms with E-state index in [1.807, 2.05) is 13.0 Å². The monoisotopic (exact) mass is 344 g/mol. The van der Waals surface area contributed by atoms with Crippen molar-refractivity contribution in [2.24, 2.45) is 0 Å². The number of fused-ring (bicyclic) bond motifs is 1. The lowest BCUT2D eigenvalue weighted by molar-refractivity contribution is -0.152. The molecule has 1 aliphatic heterocycles. The first kappa shape index (κ1) is 17.0. The highest BCUT2D eigenvalue weighted by molar-refractivity contribution is 5.66. The predicted octanol–water partition coefficient (Wildman–Crippen LogP) is 2.97. The Hall–Kier alpha value is -2.89. The number of phenolic OH excluding ortho intramolecular Hbond substituents is 3. The number of carbonyl (C=O) groups is 1. The lowest BCUT2D eigenvalue weighted by Gasteiger charge is -2.33. The Balaban J connectivity index is 2.03. The van der Waals surface area contributed by atoms with Crippen molar-refractivity contribution in [3.05, 3.63) is 47.0 Å². The number of phenols is 3. The summed E-state index contributed by atoms with van der Waals surface area (Å²) in [6, 6.07) is 7.83. The Bertz CT molecular complexity index is 814. The summed E-state index contributed by atoms with van der Waals surface area (Å²) in [4.78, 5) is 11.5. The first-order valence-electron chi connectivity index (χ1n) is 8.09. The summed E-state index contributed by atoms with van der Waals surface area (Å²) in [6.45, 7) is 3.25. The van der Waals surface area contributed by atoms with Gasteiger partial charge in [0.25, 0.3) is 0 Å². The lowest BCUT2D eigenvalue weighted by Crippen LogP contribution is -2.34. The largest absolute Gasteiger partial charge is 0.508 e. The van der Waals surface area contributed by atoms with Gasteiger partial charge in [0.1, 0.15) is 29.1 Å². The van der Waals surface area contributed by atoms with Crippen LogP contribution in [-0.4, -0.2) is 27.4 Å². The van der Waals surface area contributed by atoms with Gasteiger partial charge in [-0.05, 0) is 23.6 Å². The molecule has 3 N–H and O–H groups in total. The number of ether oxygens (including phenoxy) is 2. The highest BCUT2D eigenvalue weighted by Crippen LogP contribution is 2.43. The van der Waals surface area contributed by atoms with Gasteiger partial charge in [0, 0.05) is 31.0 Å². The van der Waals surface area contributed by atoms with Crippen molar-refractivity contribution < 1.29 is 29.6 Å². The number of hydrogen-bond acceptors (Lipinski definition) is 6. The van der Waals surface area contributed by atoms with E-state index >= 15 is 0 Å². The SMILES string of the molecule is CCc1ccc([C@H]2Oc3cc(O)cc(O)c3C[C@H]2OC(C)=O)cc1O. The van der Waals surface area contributed by atoms with Gasteiger partial charge < -0.3 is 24.8 Å². The third-order valence-corrected chi connectivity index (χ3v) is 4.30. The van der Waals surface area contributed by atoms with Crippen LogP contribution < -0.4 is 4.74 Å². The predicted molar refractivity (Wildman–Crippen MR) is 89.9 cm³/mol. The van der Waals surface area contributed by atoms with Gasteiger partial charge in [-0.25, -0.2) is 0 Å². The van der Waals surface area contributed by atoms with Crippen molar-refractivity contribution in [3.63, 3.8) is 0 Å². The third kappa shape index (κ3) is 3.33. The number of aromatic hydroxyl groups is 3. The summed E-state index contributed by atoms with van der Waals surface area (Å²) in [7, 11) is 0. The molecule has 0 saturated heterocycles. The Kier molecular flexibility index (Phi) is 4.44. The fraction of sp³-hybridized carbons (Fsp3) is 0.316. The molecule has 2 atom stereocenters. The first-order valence-corrected chi connectivity index (χ1v) is 8.09. The van der Waals surface area contributed by atoms with Gasteiger partial charge in [0.05, 0.1) is 0 Å². The molecular formula is C19H20O6. The van der Waals surface area contributed by atoms with Gasteiger partial charge >= 0.3 is 5.97 Å². The molecule has 132 valence electrons. The molecule has 0 fully saturated rings. The van der Waals surface area contributed by atoms with E-state index in [0.29, 0.717) is 23.3 Å². The van der Waals surface area contributed by atoms with E-state index in [9.17, 15) is 20.1 Å². The standard InChI is InChI=1S/C19H20O6/c1-3-11-4-5-12(6-15(11)22)19-18(24-10(2)20)9-14-16(23)7-13(21)8-17(14)25-19/h4-8,18-19,21-23H,3,9H2,1-2H3/t18-,19-/m1/s1. The first-order chi connectivity index (χ1) is 11.9. The van der Waals surface area contributed by atoms with Gasteiger partial charge in [-0.15, -0.1) is 0 Å². The second-order valence-corrected chi connectivity index (χ2v) is 6.07. The Labute approximate surface area is 145 Å². The van der Waals surface area contributed by atoms with Crippen LogP contribution in [0.25, 0.3) is 0 Å². The number of rotatable bonds is 3. The zero-order chi connectivity index (χ0) is 18.1. The van der Waals surface area contributed by atoms with Crippen molar-refractivity contribution in [2.75, 3.05) is 0 Å². The van der Waals surface area contributed by atoms with E-state index in [0.717, 1.165) is 5.56 Å². The quantitative estimate of drug-likeness (QED) is 0.741. The molecule has 3 rings (SSSR count). The van der Waals surface area contributed by atoms with Crippen molar-refractivity contribution >= 4 is 5.97 Å². The maximum Gasteiger partial charge on any atom is 0.303 e. The summed E-state index contributed by atoms with van der Waals surface area (Å²) in [5, 5.41) is 29.9. The zero-order valence-electron chi connectivity index (χ0n) is 14.0. The van der Waals surface area contributed by atoms with Crippen molar-refractivity contribution in [2.45, 2.75) is 38.9 Å². The molecule has 6 nitrogen and oxygen atoms in total. The van der Waals surface area contributed by atoms with E-state index in [1.54, 1.807) is 12.1 Å². The van der Waals surface area contributed by atoms with Crippen molar-refractivity contribution in [1.29, 1.82) is 0 Å². The molecular weight excluding hydrogens is 324 g/mol. The van der Waals surface area contributed by atoms with Crippen LogP contribution in [0.4, 0.5) is 0 Å². The number of benzene rings is 2. The normalized spacial score (nSPS) is 19.0. The van der Waals surface area contributed by atoms with Crippen LogP contribution in [0.1, 0.15) is 36.6 Å². The van der Waals surface area contributed by atoms with Gasteiger partial charge in [0.15, 0.2) is 6.10 Å². The highest BCUT2D eigenvalue weighted by Gasteiger charge is 2.35. The van der Waals surface area contributed by atoms with E-state index in [-0.39, 0.29) is 23.7 Å². The molecule has 0 bridgehead atoms. The van der Waals surface area contributed by atoms with Crippen molar-refractivity contribution in [1.82, 2.24) is 0 Å². The summed E-state index contributed by atoms with van der Waals surface area (Å²) in [6.07, 6.45) is -0.390. The molecule has 0 amide bonds. The van der Waals surface area contributed by atoms with Gasteiger partial charge in [-0.3, -0.25) is 4.79 Å². The molecule has 1 aliphatic rings. The van der Waals surface area contributed by atoms with E-state index < -0.39 is 18.2 Å². The van der Waals surface area contributed by atoms with Crippen molar-refractivity contribution in [3.8, 4) is 23.0 Å². The Morgan fingerprint density at radius 1 is 1.20 bits per heavy atom. The molecule has 0 radical (unpaired) electrons. The van der Waals surface area contributed by atoms with Crippen LogP contribution in [0.5, 0.6) is 23.0 Å². The molecule has 0 aromatic heterocycles. The van der Waals surface area contributed by atoms with E-state index in [2.05, 4.69) is 0 Å². The molecule has 1 heterocycles. The lowest BCUT2D eigenvalue weighted by atomic mass is 9.93. The molecule has 0 unspecified atom stereocenters. The van der Waals surface area contributed by atoms with Crippen LogP contribution in [0.2, 0.25) is 0 Å². The zero-order valence-corrected chi connectivity index (χ0v) is 14.0. The average Bonchev–Trinajstić information content (AvgIpc) is 2.54. The van der Waals surface area contributed by atoms with Crippen LogP contribution in [0.15, 0.2) is 30.3 Å². The second-order valence-electron chi connectivity index (χ2n) is 6.07. The molecule has 0 aliphatic carbocycles. The van der Waals surface area contributed by atoms with Gasteiger partial charge in [-0.2, -0.15) is 0 Å². The Morgan fingerprint density at radius 3 is 2.60 bits per heavy atom. The highest BCUT2D eigenvalue weighted by atomic mass is 16.6. The summed E-state index contributed by atoms with van der Waals surface area (Å²) < 4.78 is 11.3. The fourth-order valence-electron chi connectivity index (χ4n) is 3.10. The molecule has 0 saturated carbocycles. The van der Waals surface area contributed by atoms with Crippen LogP contribution in [0.3, 0.4) is 0 Å². The number of hydrogen-bond donors (Lipinski definition) is 3. The molecule has 2 aromatic rings. The van der Waals surface area contributed by atoms with Crippen LogP contribution in [-0.2, 0) is 22.4 Å². The van der Waals surface area contributed by atoms with E-state index in [4.69, 9.17) is 9.47 Å². The number of aryl methyl sites for hydroxylation is 1. The topological polar surface area (TPSA) is 96.2 Å². The summed E-state index contributed by atoms with van der Waals surface area (Å²) >= 11 is 0. The summed E-state index contributed by atoms with van der Waals surface area (Å²) in [5.41, 5.74) is 1.92. The second kappa shape index (κ2) is 6.55. The minimum atomic E-state index is -0.660. The smallest absolute Gasteiger partial charge is 0.303 e. The molecule has 6 heteroatoms. The molecule has 2 aromatic carbocycles. The third-order valence-electron chi connectivity index (χ3n) is 4.30. The van der Waals surface area contributed by atoms with Crippen LogP contribution >= 0.6 is 0 Å². The van der Waals surface area contributed by atoms with Gasteiger partial charge in [0.2, 0.25) is 0 Å². The van der Waals surface area contributed by atoms with E-state index in [1.165, 1.54) is 19.1 Å². The average molecular weight is 344 g/mol. The maximum atomic E-state index is 11.5. The minimum Gasteiger partial charge on any atom is -0.508 e.